The second-order valence-electron chi connectivity index (χ2n) is 4.15. The van der Waals surface area contributed by atoms with Crippen molar-refractivity contribution in [2.24, 2.45) is 5.92 Å². The summed E-state index contributed by atoms with van der Waals surface area (Å²) in [5.74, 6) is 0.0984. The number of carbonyl (C=O) groups is 1. The molecule has 1 aliphatic heterocycles. The molecule has 1 aromatic heterocycles. The molecule has 1 aliphatic rings. The van der Waals surface area contributed by atoms with E-state index in [2.05, 4.69) is 15.5 Å². The van der Waals surface area contributed by atoms with Crippen molar-refractivity contribution in [1.29, 1.82) is 0 Å². The Morgan fingerprint density at radius 3 is 3.25 bits per heavy atom. The van der Waals surface area contributed by atoms with Crippen molar-refractivity contribution in [3.63, 3.8) is 0 Å². The Hall–Kier alpha value is -1.36. The number of amides is 1. The summed E-state index contributed by atoms with van der Waals surface area (Å²) in [7, 11) is 0. The summed E-state index contributed by atoms with van der Waals surface area (Å²) in [6, 6.07) is 0. The Morgan fingerprint density at radius 2 is 2.62 bits per heavy atom. The van der Waals surface area contributed by atoms with Crippen molar-refractivity contribution in [2.45, 2.75) is 26.3 Å². The maximum absolute atomic E-state index is 11.8. The summed E-state index contributed by atoms with van der Waals surface area (Å²) in [6.45, 7) is 3.82. The first-order chi connectivity index (χ1) is 7.77. The van der Waals surface area contributed by atoms with Gasteiger partial charge < -0.3 is 10.1 Å². The predicted molar refractivity (Wildman–Crippen MR) is 58.7 cm³/mol. The fraction of sp³-hybridized carbons (Fsp3) is 0.636. The summed E-state index contributed by atoms with van der Waals surface area (Å²) >= 11 is 0. The Kier molecular flexibility index (Phi) is 3.56. The molecule has 2 heterocycles. The Labute approximate surface area is 94.6 Å². The molecule has 1 aromatic rings. The predicted octanol–water partition coefficient (Wildman–Crippen LogP) is 0.761. The third-order valence-corrected chi connectivity index (χ3v) is 2.92. The van der Waals surface area contributed by atoms with Crippen LogP contribution >= 0.6 is 0 Å². The first-order valence-corrected chi connectivity index (χ1v) is 5.61. The van der Waals surface area contributed by atoms with Crippen LogP contribution in [0.4, 0.5) is 0 Å². The van der Waals surface area contributed by atoms with E-state index in [1.54, 1.807) is 6.20 Å². The summed E-state index contributed by atoms with van der Waals surface area (Å²) < 4.78 is 5.28. The fourth-order valence-electron chi connectivity index (χ4n) is 1.83. The summed E-state index contributed by atoms with van der Waals surface area (Å²) in [5.41, 5.74) is 2.03. The van der Waals surface area contributed by atoms with E-state index in [4.69, 9.17) is 4.74 Å². The van der Waals surface area contributed by atoms with Gasteiger partial charge in [0.05, 0.1) is 18.7 Å². The lowest BCUT2D eigenvalue weighted by Crippen LogP contribution is -2.35. The minimum atomic E-state index is 0.0148. The number of aromatic amines is 1. The molecule has 5 heteroatoms. The quantitative estimate of drug-likeness (QED) is 0.795. The molecule has 0 aromatic carbocycles. The van der Waals surface area contributed by atoms with Crippen LogP contribution in [0.25, 0.3) is 0 Å². The molecule has 0 bridgehead atoms. The number of H-pyrrole nitrogens is 1. The van der Waals surface area contributed by atoms with Gasteiger partial charge in [0.1, 0.15) is 0 Å². The van der Waals surface area contributed by atoms with Crippen LogP contribution in [-0.4, -0.2) is 29.3 Å². The summed E-state index contributed by atoms with van der Waals surface area (Å²) in [5, 5.41) is 9.67. The van der Waals surface area contributed by atoms with Crippen LogP contribution in [0.3, 0.4) is 0 Å². The highest BCUT2D eigenvalue weighted by atomic mass is 16.5. The number of carbonyl (C=O) groups excluding carboxylic acids is 1. The zero-order valence-electron chi connectivity index (χ0n) is 9.45. The summed E-state index contributed by atoms with van der Waals surface area (Å²) in [6.07, 6.45) is 3.64. The highest BCUT2D eigenvalue weighted by Gasteiger charge is 2.21. The van der Waals surface area contributed by atoms with E-state index in [1.807, 2.05) is 6.92 Å². The monoisotopic (exact) mass is 223 g/mol. The van der Waals surface area contributed by atoms with Crippen LogP contribution in [0.5, 0.6) is 0 Å². The lowest BCUT2D eigenvalue weighted by atomic mass is 10.0. The molecule has 0 saturated carbocycles. The van der Waals surface area contributed by atoms with Gasteiger partial charge in [-0.25, -0.2) is 0 Å². The highest BCUT2D eigenvalue weighted by Crippen LogP contribution is 2.13. The van der Waals surface area contributed by atoms with Gasteiger partial charge in [-0.3, -0.25) is 9.89 Å². The van der Waals surface area contributed by atoms with E-state index in [0.29, 0.717) is 13.2 Å². The molecule has 2 N–H and O–H groups in total. The van der Waals surface area contributed by atoms with Crippen LogP contribution in [0.15, 0.2) is 6.20 Å². The molecule has 0 spiro atoms. The molecule has 1 atom stereocenters. The average molecular weight is 223 g/mol. The topological polar surface area (TPSA) is 67.0 Å². The smallest absolute Gasteiger partial charge is 0.225 e. The van der Waals surface area contributed by atoms with Gasteiger partial charge >= 0.3 is 0 Å². The van der Waals surface area contributed by atoms with E-state index < -0.39 is 0 Å². The number of hydrogen-bond acceptors (Lipinski definition) is 3. The van der Waals surface area contributed by atoms with Crippen LogP contribution in [-0.2, 0) is 16.1 Å². The number of ether oxygens (including phenoxy) is 1. The average Bonchev–Trinajstić information content (AvgIpc) is 2.73. The van der Waals surface area contributed by atoms with Gasteiger partial charge in [-0.05, 0) is 19.8 Å². The minimum Gasteiger partial charge on any atom is -0.381 e. The number of nitrogens with zero attached hydrogens (tertiary/aromatic N) is 1. The van der Waals surface area contributed by atoms with Crippen LogP contribution in [0, 0.1) is 12.8 Å². The molecular formula is C11H17N3O2. The van der Waals surface area contributed by atoms with Gasteiger partial charge in [0.2, 0.25) is 5.91 Å². The van der Waals surface area contributed by atoms with E-state index in [-0.39, 0.29) is 11.8 Å². The maximum Gasteiger partial charge on any atom is 0.225 e. The normalized spacial score (nSPS) is 20.7. The molecule has 1 fully saturated rings. The van der Waals surface area contributed by atoms with Crippen LogP contribution < -0.4 is 5.32 Å². The van der Waals surface area contributed by atoms with Gasteiger partial charge in [0.25, 0.3) is 0 Å². The second-order valence-corrected chi connectivity index (χ2v) is 4.15. The third kappa shape index (κ3) is 2.61. The highest BCUT2D eigenvalue weighted by molar-refractivity contribution is 5.78. The van der Waals surface area contributed by atoms with E-state index in [1.165, 1.54) is 0 Å². The molecule has 88 valence electrons. The van der Waals surface area contributed by atoms with E-state index in [9.17, 15) is 4.79 Å². The Morgan fingerprint density at radius 1 is 1.75 bits per heavy atom. The molecule has 1 unspecified atom stereocenters. The lowest BCUT2D eigenvalue weighted by Gasteiger charge is -2.21. The largest absolute Gasteiger partial charge is 0.381 e. The first kappa shape index (κ1) is 11.1. The molecule has 1 amide bonds. The minimum absolute atomic E-state index is 0.0148. The van der Waals surface area contributed by atoms with Crippen molar-refractivity contribution >= 4 is 5.91 Å². The number of hydrogen-bond donors (Lipinski definition) is 2. The molecule has 5 nitrogen and oxygen atoms in total. The van der Waals surface area contributed by atoms with Crippen molar-refractivity contribution in [3.05, 3.63) is 17.5 Å². The van der Waals surface area contributed by atoms with Crippen molar-refractivity contribution in [2.75, 3.05) is 13.2 Å². The Balaban J connectivity index is 1.81. The first-order valence-electron chi connectivity index (χ1n) is 5.61. The second kappa shape index (κ2) is 5.12. The number of aryl methyl sites for hydroxylation is 1. The standard InChI is InChI=1S/C11H17N3O2/c1-8-10(6-13-14-8)5-12-11(15)9-3-2-4-16-7-9/h6,9H,2-5,7H2,1H3,(H,12,15)(H,13,14). The molecule has 1 saturated heterocycles. The SMILES string of the molecule is Cc1[nH]ncc1CNC(=O)C1CCCOC1. The number of aromatic nitrogens is 2. The zero-order valence-corrected chi connectivity index (χ0v) is 9.45. The van der Waals surface area contributed by atoms with Crippen LogP contribution in [0.2, 0.25) is 0 Å². The summed E-state index contributed by atoms with van der Waals surface area (Å²) in [4.78, 5) is 11.8. The van der Waals surface area contributed by atoms with Crippen molar-refractivity contribution < 1.29 is 9.53 Å². The van der Waals surface area contributed by atoms with Gasteiger partial charge in [-0.2, -0.15) is 5.10 Å². The molecule has 0 radical (unpaired) electrons. The van der Waals surface area contributed by atoms with Gasteiger partial charge in [-0.1, -0.05) is 0 Å². The molecule has 0 aliphatic carbocycles. The zero-order chi connectivity index (χ0) is 11.4. The molecule has 2 rings (SSSR count). The van der Waals surface area contributed by atoms with Crippen LogP contribution in [0.1, 0.15) is 24.1 Å². The van der Waals surface area contributed by atoms with E-state index in [0.717, 1.165) is 30.7 Å². The van der Waals surface area contributed by atoms with Crippen molar-refractivity contribution in [3.8, 4) is 0 Å². The van der Waals surface area contributed by atoms with Crippen molar-refractivity contribution in [1.82, 2.24) is 15.5 Å². The third-order valence-electron chi connectivity index (χ3n) is 2.92. The van der Waals surface area contributed by atoms with E-state index >= 15 is 0 Å². The maximum atomic E-state index is 11.8. The molecule has 16 heavy (non-hydrogen) atoms. The number of rotatable bonds is 3. The Bertz CT molecular complexity index is 356. The van der Waals surface area contributed by atoms with Gasteiger partial charge in [0.15, 0.2) is 0 Å². The number of nitrogens with one attached hydrogen (secondary N) is 2. The lowest BCUT2D eigenvalue weighted by molar-refractivity contribution is -0.129. The fourth-order valence-corrected chi connectivity index (χ4v) is 1.83. The van der Waals surface area contributed by atoms with Gasteiger partial charge in [-0.15, -0.1) is 0 Å². The van der Waals surface area contributed by atoms with Gasteiger partial charge in [0, 0.05) is 24.4 Å². The molecular weight excluding hydrogens is 206 g/mol.